The zero-order chi connectivity index (χ0) is 29.5. The van der Waals surface area contributed by atoms with Gasteiger partial charge in [0.25, 0.3) is 0 Å². The number of aliphatic carboxylic acids is 1. The van der Waals surface area contributed by atoms with E-state index in [0.717, 1.165) is 27.8 Å². The van der Waals surface area contributed by atoms with Crippen molar-refractivity contribution in [2.24, 2.45) is 0 Å². The summed E-state index contributed by atoms with van der Waals surface area (Å²) < 4.78 is 11.3. The zero-order valence-electron chi connectivity index (χ0n) is 23.2. The van der Waals surface area contributed by atoms with Crippen LogP contribution in [0.5, 0.6) is 0 Å². The molecule has 42 heavy (non-hydrogen) atoms. The van der Waals surface area contributed by atoms with E-state index in [9.17, 15) is 19.5 Å². The van der Waals surface area contributed by atoms with E-state index < -0.39 is 30.1 Å². The van der Waals surface area contributed by atoms with E-state index in [4.69, 9.17) is 9.47 Å². The molecule has 214 valence electrons. The molecule has 0 aliphatic heterocycles. The van der Waals surface area contributed by atoms with Gasteiger partial charge in [-0.15, -0.1) is 0 Å². The monoisotopic (exact) mass is 564 g/mol. The summed E-state index contributed by atoms with van der Waals surface area (Å²) >= 11 is 0. The molecule has 5 rings (SSSR count). The van der Waals surface area contributed by atoms with Crippen molar-refractivity contribution in [2.45, 2.75) is 38.0 Å². The van der Waals surface area contributed by atoms with Gasteiger partial charge in [-0.05, 0) is 52.4 Å². The lowest BCUT2D eigenvalue weighted by atomic mass is 9.98. The smallest absolute Gasteiger partial charge is 0.411 e. The largest absolute Gasteiger partial charge is 0.480 e. The van der Waals surface area contributed by atoms with Crippen LogP contribution in [-0.4, -0.2) is 41.8 Å². The number of amides is 2. The van der Waals surface area contributed by atoms with Crippen LogP contribution in [0.25, 0.3) is 11.1 Å². The van der Waals surface area contributed by atoms with Gasteiger partial charge < -0.3 is 19.9 Å². The van der Waals surface area contributed by atoms with Gasteiger partial charge in [0, 0.05) is 11.6 Å². The standard InChI is InChI=1S/C34H32N2O6/c1-22(41-20-23-10-3-2-4-11-23)32(33(38)39)36-31(37)19-24-12-9-13-25(18-24)35-34(40)42-21-30-28-16-7-5-14-26(28)27-15-6-8-17-29(27)30/h2-18,22,30,32H,19-21H2,1H3,(H,35,40)(H,36,37)(H,38,39)/t22-,32+/m1/s1. The van der Waals surface area contributed by atoms with Crippen LogP contribution in [0.2, 0.25) is 0 Å². The molecule has 0 radical (unpaired) electrons. The summed E-state index contributed by atoms with van der Waals surface area (Å²) in [5, 5.41) is 15.0. The van der Waals surface area contributed by atoms with Crippen LogP contribution in [0.4, 0.5) is 10.5 Å². The van der Waals surface area contributed by atoms with Crippen LogP contribution in [0.1, 0.15) is 35.1 Å². The minimum atomic E-state index is -1.22. The predicted octanol–water partition coefficient (Wildman–Crippen LogP) is 5.76. The third-order valence-corrected chi connectivity index (χ3v) is 7.29. The number of nitrogens with one attached hydrogen (secondary N) is 2. The Morgan fingerprint density at radius 2 is 1.43 bits per heavy atom. The molecule has 4 aromatic carbocycles. The van der Waals surface area contributed by atoms with Gasteiger partial charge >= 0.3 is 12.1 Å². The first-order valence-corrected chi connectivity index (χ1v) is 13.8. The normalized spacial score (nSPS) is 13.4. The quantitative estimate of drug-likeness (QED) is 0.213. The average Bonchev–Trinajstić information content (AvgIpc) is 3.32. The van der Waals surface area contributed by atoms with Crippen molar-refractivity contribution >= 4 is 23.7 Å². The molecule has 0 bridgehead atoms. The number of hydrogen-bond donors (Lipinski definition) is 3. The van der Waals surface area contributed by atoms with Gasteiger partial charge in [0.15, 0.2) is 6.04 Å². The summed E-state index contributed by atoms with van der Waals surface area (Å²) in [6.07, 6.45) is -1.43. The van der Waals surface area contributed by atoms with E-state index in [-0.39, 0.29) is 25.6 Å². The lowest BCUT2D eigenvalue weighted by Crippen LogP contribution is -2.49. The molecule has 0 heterocycles. The van der Waals surface area contributed by atoms with Crippen LogP contribution in [0.3, 0.4) is 0 Å². The number of anilines is 1. The van der Waals surface area contributed by atoms with Gasteiger partial charge in [-0.3, -0.25) is 10.1 Å². The molecule has 0 unspecified atom stereocenters. The highest BCUT2D eigenvalue weighted by Gasteiger charge is 2.29. The molecular formula is C34H32N2O6. The maximum Gasteiger partial charge on any atom is 0.411 e. The topological polar surface area (TPSA) is 114 Å². The van der Waals surface area contributed by atoms with E-state index in [0.29, 0.717) is 11.3 Å². The van der Waals surface area contributed by atoms with E-state index in [2.05, 4.69) is 34.9 Å². The molecule has 0 aromatic heterocycles. The molecule has 0 spiro atoms. The fourth-order valence-electron chi connectivity index (χ4n) is 5.20. The second-order valence-electron chi connectivity index (χ2n) is 10.2. The lowest BCUT2D eigenvalue weighted by Gasteiger charge is -2.22. The average molecular weight is 565 g/mol. The van der Waals surface area contributed by atoms with Crippen molar-refractivity contribution in [3.05, 3.63) is 125 Å². The van der Waals surface area contributed by atoms with Crippen molar-refractivity contribution in [1.82, 2.24) is 5.32 Å². The first-order chi connectivity index (χ1) is 20.4. The van der Waals surface area contributed by atoms with Gasteiger partial charge in [-0.25, -0.2) is 9.59 Å². The Kier molecular flexibility index (Phi) is 8.94. The van der Waals surface area contributed by atoms with Crippen molar-refractivity contribution in [3.8, 4) is 11.1 Å². The zero-order valence-corrected chi connectivity index (χ0v) is 23.2. The van der Waals surface area contributed by atoms with Crippen LogP contribution in [-0.2, 0) is 32.1 Å². The molecule has 0 saturated heterocycles. The second kappa shape index (κ2) is 13.1. The summed E-state index contributed by atoms with van der Waals surface area (Å²) in [5.74, 6) is -1.72. The third kappa shape index (κ3) is 6.85. The molecule has 2 atom stereocenters. The Balaban J connectivity index is 1.14. The molecular weight excluding hydrogens is 532 g/mol. The number of carboxylic acid groups (broad SMARTS) is 1. The van der Waals surface area contributed by atoms with Gasteiger partial charge in [0.2, 0.25) is 5.91 Å². The highest BCUT2D eigenvalue weighted by Crippen LogP contribution is 2.44. The van der Waals surface area contributed by atoms with E-state index in [1.54, 1.807) is 31.2 Å². The molecule has 1 aliphatic rings. The van der Waals surface area contributed by atoms with Gasteiger partial charge in [-0.2, -0.15) is 0 Å². The van der Waals surface area contributed by atoms with E-state index >= 15 is 0 Å². The lowest BCUT2D eigenvalue weighted by molar-refractivity contribution is -0.146. The number of fused-ring (bicyclic) bond motifs is 3. The summed E-state index contributed by atoms with van der Waals surface area (Å²) in [7, 11) is 0. The number of rotatable bonds is 11. The highest BCUT2D eigenvalue weighted by atomic mass is 16.5. The van der Waals surface area contributed by atoms with E-state index in [1.807, 2.05) is 54.6 Å². The molecule has 0 saturated carbocycles. The van der Waals surface area contributed by atoms with Crippen LogP contribution in [0.15, 0.2) is 103 Å². The number of ether oxygens (including phenoxy) is 2. The van der Waals surface area contributed by atoms with Crippen molar-refractivity contribution in [1.29, 1.82) is 0 Å². The first kappa shape index (κ1) is 28.6. The van der Waals surface area contributed by atoms with Crippen molar-refractivity contribution < 1.29 is 29.0 Å². The molecule has 8 nitrogen and oxygen atoms in total. The van der Waals surface area contributed by atoms with Crippen molar-refractivity contribution in [3.63, 3.8) is 0 Å². The van der Waals surface area contributed by atoms with Crippen LogP contribution < -0.4 is 10.6 Å². The number of benzene rings is 4. The Bertz CT molecular complexity index is 1530. The van der Waals surface area contributed by atoms with Crippen LogP contribution in [0, 0.1) is 0 Å². The fraction of sp³-hybridized carbons (Fsp3) is 0.206. The minimum absolute atomic E-state index is 0.0561. The number of hydrogen-bond acceptors (Lipinski definition) is 5. The first-order valence-electron chi connectivity index (χ1n) is 13.8. The maximum atomic E-state index is 12.7. The van der Waals surface area contributed by atoms with Gasteiger partial charge in [0.1, 0.15) is 6.61 Å². The number of carbonyl (C=O) groups excluding carboxylic acids is 2. The molecule has 4 aromatic rings. The van der Waals surface area contributed by atoms with Crippen LogP contribution >= 0.6 is 0 Å². The number of carbonyl (C=O) groups is 3. The summed E-state index contributed by atoms with van der Waals surface area (Å²) in [6, 6.07) is 31.2. The molecule has 3 N–H and O–H groups in total. The fourth-order valence-corrected chi connectivity index (χ4v) is 5.20. The van der Waals surface area contributed by atoms with E-state index in [1.165, 1.54) is 0 Å². The Morgan fingerprint density at radius 1 is 0.810 bits per heavy atom. The summed E-state index contributed by atoms with van der Waals surface area (Å²) in [6.45, 7) is 2.02. The van der Waals surface area contributed by atoms with Gasteiger partial charge in [0.05, 0.1) is 19.1 Å². The SMILES string of the molecule is C[C@@H](OCc1ccccc1)[C@H](NC(=O)Cc1cccc(NC(=O)OCC2c3ccccc3-c3ccccc32)c1)C(=O)O. The highest BCUT2D eigenvalue weighted by molar-refractivity contribution is 5.87. The second-order valence-corrected chi connectivity index (χ2v) is 10.2. The summed E-state index contributed by atoms with van der Waals surface area (Å²) in [4.78, 5) is 37.3. The molecule has 2 amide bonds. The maximum absolute atomic E-state index is 12.7. The predicted molar refractivity (Wildman–Crippen MR) is 159 cm³/mol. The summed E-state index contributed by atoms with van der Waals surface area (Å²) in [5.41, 5.74) is 6.52. The molecule has 8 heteroatoms. The molecule has 0 fully saturated rings. The van der Waals surface area contributed by atoms with Gasteiger partial charge in [-0.1, -0.05) is 91.0 Å². The Hall–Kier alpha value is -4.95. The third-order valence-electron chi connectivity index (χ3n) is 7.29. The minimum Gasteiger partial charge on any atom is -0.480 e. The molecule has 1 aliphatic carbocycles. The number of carboxylic acids is 1. The Labute approximate surface area is 244 Å². The van der Waals surface area contributed by atoms with Crippen molar-refractivity contribution in [2.75, 3.05) is 11.9 Å². The Morgan fingerprint density at radius 3 is 2.10 bits per heavy atom.